The summed E-state index contributed by atoms with van der Waals surface area (Å²) in [6.45, 7) is 2.77. The minimum absolute atomic E-state index is 0.0752. The number of esters is 1. The molecule has 0 aliphatic rings. The van der Waals surface area contributed by atoms with Crippen molar-refractivity contribution in [2.24, 2.45) is 0 Å². The minimum atomic E-state index is -0.949. The molecule has 1 N–H and O–H groups in total. The van der Waals surface area contributed by atoms with Crippen LogP contribution in [0.3, 0.4) is 0 Å². The van der Waals surface area contributed by atoms with Gasteiger partial charge < -0.3 is 9.84 Å². The van der Waals surface area contributed by atoms with Crippen LogP contribution in [-0.2, 0) is 16.0 Å². The number of ketones is 1. The Hall–Kier alpha value is -2.60. The number of hydrogen-bond donors (Lipinski definition) is 1. The smallest absolute Gasteiger partial charge is 0.308 e. The van der Waals surface area contributed by atoms with Crippen LogP contribution in [0.2, 0.25) is 0 Å². The Labute approximate surface area is 143 Å². The first-order chi connectivity index (χ1) is 11.4. The second-order valence-corrected chi connectivity index (χ2v) is 6.18. The van der Waals surface area contributed by atoms with Gasteiger partial charge in [0, 0.05) is 17.4 Å². The Bertz CT molecular complexity index is 798. The number of Topliss-reactive ketones (excluding diaryl/α,β-unsaturated/α-hetero) is 1. The molecule has 24 heavy (non-hydrogen) atoms. The number of carbonyl (C=O) groups is 3. The maximum Gasteiger partial charge on any atom is 0.308 e. The summed E-state index contributed by atoms with van der Waals surface area (Å²) < 4.78 is 5.19. The van der Waals surface area contributed by atoms with Crippen molar-refractivity contribution in [3.8, 4) is 5.75 Å². The van der Waals surface area contributed by atoms with E-state index in [4.69, 9.17) is 9.84 Å². The lowest BCUT2D eigenvalue weighted by Gasteiger charge is -2.12. The van der Waals surface area contributed by atoms with Crippen molar-refractivity contribution in [1.82, 2.24) is 0 Å². The predicted molar refractivity (Wildman–Crippen MR) is 89.7 cm³/mol. The number of benzene rings is 2. The third kappa shape index (κ3) is 4.70. The van der Waals surface area contributed by atoms with Gasteiger partial charge in [0.05, 0.1) is 11.3 Å². The summed E-state index contributed by atoms with van der Waals surface area (Å²) in [5.41, 5.74) is 1.14. The topological polar surface area (TPSA) is 80.7 Å². The molecule has 0 aliphatic heterocycles. The minimum Gasteiger partial charge on any atom is -0.481 e. The van der Waals surface area contributed by atoms with Crippen LogP contribution in [0.25, 0.3) is 0 Å². The highest BCUT2D eigenvalue weighted by molar-refractivity contribution is 7.99. The maximum absolute atomic E-state index is 11.8. The van der Waals surface area contributed by atoms with Crippen LogP contribution >= 0.6 is 11.8 Å². The van der Waals surface area contributed by atoms with Crippen LogP contribution in [0.1, 0.15) is 29.8 Å². The molecular weight excluding hydrogens is 328 g/mol. The summed E-state index contributed by atoms with van der Waals surface area (Å²) in [6, 6.07) is 11.9. The third-order valence-corrected chi connectivity index (χ3v) is 4.22. The highest BCUT2D eigenvalue weighted by Gasteiger charge is 2.14. The zero-order chi connectivity index (χ0) is 17.7. The molecule has 6 heteroatoms. The molecule has 0 saturated heterocycles. The lowest BCUT2D eigenvalue weighted by atomic mass is 10.1. The van der Waals surface area contributed by atoms with E-state index in [0.717, 1.165) is 0 Å². The van der Waals surface area contributed by atoms with Crippen LogP contribution in [-0.4, -0.2) is 22.8 Å². The van der Waals surface area contributed by atoms with Gasteiger partial charge in [-0.3, -0.25) is 14.4 Å². The lowest BCUT2D eigenvalue weighted by molar-refractivity contribution is -0.136. The van der Waals surface area contributed by atoms with E-state index in [2.05, 4.69) is 0 Å². The number of aliphatic carboxylic acids is 1. The fraction of sp³-hybridized carbons (Fsp3) is 0.167. The first-order valence-corrected chi connectivity index (χ1v) is 7.99. The van der Waals surface area contributed by atoms with Gasteiger partial charge in [0.1, 0.15) is 5.75 Å². The van der Waals surface area contributed by atoms with Crippen molar-refractivity contribution in [3.63, 3.8) is 0 Å². The average molecular weight is 344 g/mol. The number of carbonyl (C=O) groups excluding carboxylic acids is 2. The molecule has 0 amide bonds. The van der Waals surface area contributed by atoms with E-state index in [9.17, 15) is 14.4 Å². The van der Waals surface area contributed by atoms with Gasteiger partial charge in [0.15, 0.2) is 5.78 Å². The molecule has 0 heterocycles. The average Bonchev–Trinajstić information content (AvgIpc) is 2.49. The summed E-state index contributed by atoms with van der Waals surface area (Å²) in [4.78, 5) is 35.2. The van der Waals surface area contributed by atoms with Crippen molar-refractivity contribution in [2.45, 2.75) is 30.1 Å². The van der Waals surface area contributed by atoms with Gasteiger partial charge in [-0.05, 0) is 30.7 Å². The zero-order valence-electron chi connectivity index (χ0n) is 13.2. The molecule has 0 saturated carbocycles. The van der Waals surface area contributed by atoms with Crippen LogP contribution in [0, 0.1) is 0 Å². The van der Waals surface area contributed by atoms with Gasteiger partial charge in [-0.1, -0.05) is 36.0 Å². The van der Waals surface area contributed by atoms with E-state index in [1.54, 1.807) is 42.5 Å². The van der Waals surface area contributed by atoms with Crippen molar-refractivity contribution < 1.29 is 24.2 Å². The van der Waals surface area contributed by atoms with E-state index >= 15 is 0 Å². The second-order valence-electron chi connectivity index (χ2n) is 5.10. The highest BCUT2D eigenvalue weighted by atomic mass is 32.2. The Morgan fingerprint density at radius 3 is 2.38 bits per heavy atom. The van der Waals surface area contributed by atoms with Crippen molar-refractivity contribution in [1.29, 1.82) is 0 Å². The molecule has 2 aromatic rings. The standard InChI is InChI=1S/C18H16O5S/c1-11(19)14-5-3-4-6-16(14)24-17-9-13(10-18(21)22)7-8-15(17)23-12(2)20/h3-9H,10H2,1-2H3,(H,21,22). The van der Waals surface area contributed by atoms with E-state index in [-0.39, 0.29) is 12.2 Å². The molecule has 0 radical (unpaired) electrons. The fourth-order valence-electron chi connectivity index (χ4n) is 2.12. The van der Waals surface area contributed by atoms with Crippen molar-refractivity contribution in [3.05, 3.63) is 53.6 Å². The Balaban J connectivity index is 2.44. The predicted octanol–water partition coefficient (Wildman–Crippen LogP) is 3.59. The molecule has 2 aromatic carbocycles. The maximum atomic E-state index is 11.8. The SMILES string of the molecule is CC(=O)Oc1ccc(CC(=O)O)cc1Sc1ccccc1C(C)=O. The van der Waals surface area contributed by atoms with Gasteiger partial charge in [0.25, 0.3) is 0 Å². The third-order valence-electron chi connectivity index (χ3n) is 3.10. The molecule has 0 unspecified atom stereocenters. The van der Waals surface area contributed by atoms with E-state index in [1.807, 2.05) is 0 Å². The molecule has 0 bridgehead atoms. The molecule has 0 spiro atoms. The zero-order valence-corrected chi connectivity index (χ0v) is 14.1. The number of rotatable bonds is 6. The van der Waals surface area contributed by atoms with Gasteiger partial charge in [-0.15, -0.1) is 0 Å². The molecular formula is C18H16O5S. The molecule has 5 nitrogen and oxygen atoms in total. The summed E-state index contributed by atoms with van der Waals surface area (Å²) in [5.74, 6) is -1.16. The second kappa shape index (κ2) is 7.79. The number of hydrogen-bond acceptors (Lipinski definition) is 5. The normalized spacial score (nSPS) is 10.2. The molecule has 124 valence electrons. The van der Waals surface area contributed by atoms with Crippen LogP contribution in [0.4, 0.5) is 0 Å². The molecule has 0 atom stereocenters. The van der Waals surface area contributed by atoms with E-state index < -0.39 is 11.9 Å². The van der Waals surface area contributed by atoms with E-state index in [1.165, 1.54) is 25.6 Å². The molecule has 0 aliphatic carbocycles. The molecule has 0 fully saturated rings. The lowest BCUT2D eigenvalue weighted by Crippen LogP contribution is -2.04. The van der Waals surface area contributed by atoms with Gasteiger partial charge >= 0.3 is 11.9 Å². The van der Waals surface area contributed by atoms with Crippen molar-refractivity contribution >= 4 is 29.5 Å². The molecule has 2 rings (SSSR count). The summed E-state index contributed by atoms with van der Waals surface area (Å²) in [5, 5.41) is 8.94. The number of carboxylic acids is 1. The summed E-state index contributed by atoms with van der Waals surface area (Å²) >= 11 is 1.26. The molecule has 0 aromatic heterocycles. The largest absolute Gasteiger partial charge is 0.481 e. The highest BCUT2D eigenvalue weighted by Crippen LogP contribution is 2.37. The Kier molecular flexibility index (Phi) is 5.76. The first-order valence-electron chi connectivity index (χ1n) is 7.17. The summed E-state index contributed by atoms with van der Waals surface area (Å²) in [6.07, 6.45) is -0.137. The fourth-order valence-corrected chi connectivity index (χ4v) is 3.25. The van der Waals surface area contributed by atoms with E-state index in [0.29, 0.717) is 26.7 Å². The van der Waals surface area contributed by atoms with Crippen LogP contribution in [0.15, 0.2) is 52.3 Å². The number of carboxylic acid groups (broad SMARTS) is 1. The van der Waals surface area contributed by atoms with Crippen LogP contribution in [0.5, 0.6) is 5.75 Å². The Morgan fingerprint density at radius 1 is 1.04 bits per heavy atom. The monoisotopic (exact) mass is 344 g/mol. The summed E-state index contributed by atoms with van der Waals surface area (Å²) in [7, 11) is 0. The quantitative estimate of drug-likeness (QED) is 0.490. The van der Waals surface area contributed by atoms with Gasteiger partial charge in [-0.25, -0.2) is 0 Å². The van der Waals surface area contributed by atoms with Crippen LogP contribution < -0.4 is 4.74 Å². The van der Waals surface area contributed by atoms with Gasteiger partial charge in [0.2, 0.25) is 0 Å². The Morgan fingerprint density at radius 2 is 1.75 bits per heavy atom. The number of ether oxygens (including phenoxy) is 1. The van der Waals surface area contributed by atoms with Gasteiger partial charge in [-0.2, -0.15) is 0 Å². The van der Waals surface area contributed by atoms with Crippen molar-refractivity contribution in [2.75, 3.05) is 0 Å². The first kappa shape index (κ1) is 17.7.